The minimum Gasteiger partial charge on any atom is -0.309 e. The van der Waals surface area contributed by atoms with E-state index in [2.05, 4.69) is 226 Å². The highest BCUT2D eigenvalue weighted by molar-refractivity contribution is 6.24. The Morgan fingerprint density at radius 1 is 0.211 bits per heavy atom. The van der Waals surface area contributed by atoms with Crippen molar-refractivity contribution >= 4 is 65.4 Å². The maximum absolute atomic E-state index is 2.50. The van der Waals surface area contributed by atoms with Gasteiger partial charge in [-0.3, -0.25) is 0 Å². The molecule has 0 N–H and O–H groups in total. The molecule has 0 saturated heterocycles. The molecule has 0 aliphatic carbocycles. The number of benzene rings is 9. The van der Waals surface area contributed by atoms with Crippen molar-refractivity contribution in [3.63, 3.8) is 0 Å². The van der Waals surface area contributed by atoms with E-state index in [9.17, 15) is 0 Å². The zero-order chi connectivity index (χ0) is 37.5. The Morgan fingerprint density at radius 3 is 1.26 bits per heavy atom. The van der Waals surface area contributed by atoms with Crippen molar-refractivity contribution in [3.05, 3.63) is 212 Å². The lowest BCUT2D eigenvalue weighted by atomic mass is 9.99. The number of fused-ring (bicyclic) bond motifs is 10. The third kappa shape index (κ3) is 4.79. The molecule has 0 atom stereocenters. The van der Waals surface area contributed by atoms with Crippen LogP contribution in [0, 0.1) is 0 Å². The van der Waals surface area contributed by atoms with Gasteiger partial charge < -0.3 is 13.7 Å². The van der Waals surface area contributed by atoms with Gasteiger partial charge in [-0.05, 0) is 89.0 Å². The maximum Gasteiger partial charge on any atom is 0.0788 e. The lowest BCUT2D eigenvalue weighted by Crippen LogP contribution is -1.99. The largest absolute Gasteiger partial charge is 0.309 e. The zero-order valence-corrected chi connectivity index (χ0v) is 31.0. The minimum absolute atomic E-state index is 1.13. The van der Waals surface area contributed by atoms with Crippen LogP contribution in [0.5, 0.6) is 0 Å². The molecular formula is C54H35N3. The Morgan fingerprint density at radius 2 is 0.632 bits per heavy atom. The van der Waals surface area contributed by atoms with Crippen LogP contribution in [0.25, 0.3) is 105 Å². The first-order valence-corrected chi connectivity index (χ1v) is 19.6. The summed E-state index contributed by atoms with van der Waals surface area (Å²) >= 11 is 0. The van der Waals surface area contributed by atoms with E-state index in [0.29, 0.717) is 0 Å². The van der Waals surface area contributed by atoms with E-state index in [1.165, 1.54) is 87.7 Å². The van der Waals surface area contributed by atoms with Gasteiger partial charge in [-0.2, -0.15) is 0 Å². The Kier molecular flexibility index (Phi) is 6.93. The van der Waals surface area contributed by atoms with Gasteiger partial charge in [0.05, 0.1) is 33.1 Å². The van der Waals surface area contributed by atoms with Gasteiger partial charge >= 0.3 is 0 Å². The maximum atomic E-state index is 2.50. The molecule has 12 rings (SSSR count). The van der Waals surface area contributed by atoms with Crippen LogP contribution in [0.2, 0.25) is 0 Å². The summed E-state index contributed by atoms with van der Waals surface area (Å²) in [7, 11) is 0. The van der Waals surface area contributed by atoms with E-state index in [4.69, 9.17) is 0 Å². The fourth-order valence-corrected chi connectivity index (χ4v) is 9.33. The fourth-order valence-electron chi connectivity index (χ4n) is 9.33. The molecule has 3 aromatic heterocycles. The Balaban J connectivity index is 1.15. The number of hydrogen-bond acceptors (Lipinski definition) is 0. The van der Waals surface area contributed by atoms with Crippen LogP contribution >= 0.6 is 0 Å². The van der Waals surface area contributed by atoms with Crippen molar-refractivity contribution in [2.75, 3.05) is 0 Å². The molecule has 0 spiro atoms. The zero-order valence-electron chi connectivity index (χ0n) is 31.0. The third-order valence-electron chi connectivity index (χ3n) is 11.8. The van der Waals surface area contributed by atoms with E-state index in [-0.39, 0.29) is 0 Å². The predicted molar refractivity (Wildman–Crippen MR) is 240 cm³/mol. The SMILES string of the molecule is c1ccc(-c2cccc(-c3cccc(-n4c5ccccc5c5ccc6c7ccccc7n(-c7ccc8c(c7)c7ccccc7n8-c7ccccc7)c6c54)c3)c2)cc1. The van der Waals surface area contributed by atoms with Crippen LogP contribution in [0.15, 0.2) is 212 Å². The second kappa shape index (κ2) is 12.5. The monoisotopic (exact) mass is 725 g/mol. The van der Waals surface area contributed by atoms with Gasteiger partial charge in [-0.1, -0.05) is 146 Å². The molecule has 0 radical (unpaired) electrons. The van der Waals surface area contributed by atoms with Crippen molar-refractivity contribution in [2.24, 2.45) is 0 Å². The molecule has 3 heterocycles. The summed E-state index contributed by atoms with van der Waals surface area (Å²) in [6.07, 6.45) is 0. The molecule has 3 nitrogen and oxygen atoms in total. The summed E-state index contributed by atoms with van der Waals surface area (Å²) in [6, 6.07) is 77.4. The Bertz CT molecular complexity index is 3510. The molecular weight excluding hydrogens is 691 g/mol. The van der Waals surface area contributed by atoms with Crippen LogP contribution in [-0.2, 0) is 0 Å². The van der Waals surface area contributed by atoms with Crippen molar-refractivity contribution < 1.29 is 0 Å². The van der Waals surface area contributed by atoms with Gasteiger partial charge in [0, 0.05) is 49.4 Å². The van der Waals surface area contributed by atoms with Crippen LogP contribution in [0.4, 0.5) is 0 Å². The van der Waals surface area contributed by atoms with Crippen LogP contribution in [0.3, 0.4) is 0 Å². The standard InChI is InChI=1S/C54H35N3/c1-3-15-36(16-4-1)37-17-13-18-38(33-37)39-19-14-22-41(34-39)56-50-27-11-7-23-43(50)46-30-31-47-44-24-8-12-28-51(44)57(54(47)53(46)56)42-29-32-52-48(35-42)45-25-9-10-26-49(45)55(52)40-20-5-2-6-21-40/h1-35H. The lowest BCUT2D eigenvalue weighted by Gasteiger charge is -2.14. The van der Waals surface area contributed by atoms with Crippen molar-refractivity contribution in [3.8, 4) is 39.3 Å². The first kappa shape index (κ1) is 31.7. The molecule has 266 valence electrons. The second-order valence-electron chi connectivity index (χ2n) is 14.9. The first-order valence-electron chi connectivity index (χ1n) is 19.6. The molecule has 12 aromatic rings. The average Bonchev–Trinajstić information content (AvgIpc) is 3.93. The molecule has 0 aliphatic rings. The molecule has 3 heteroatoms. The molecule has 0 unspecified atom stereocenters. The quantitative estimate of drug-likeness (QED) is 0.168. The fraction of sp³-hybridized carbons (Fsp3) is 0. The van der Waals surface area contributed by atoms with E-state index in [1.807, 2.05) is 0 Å². The number of aromatic nitrogens is 3. The number of hydrogen-bond donors (Lipinski definition) is 0. The first-order chi connectivity index (χ1) is 28.3. The highest BCUT2D eigenvalue weighted by atomic mass is 15.0. The minimum atomic E-state index is 1.13. The summed E-state index contributed by atoms with van der Waals surface area (Å²) in [5, 5.41) is 7.43. The number of para-hydroxylation sites is 4. The molecule has 0 saturated carbocycles. The molecule has 0 amide bonds. The highest BCUT2D eigenvalue weighted by Crippen LogP contribution is 2.43. The lowest BCUT2D eigenvalue weighted by molar-refractivity contribution is 1.15. The molecule has 0 fully saturated rings. The van der Waals surface area contributed by atoms with Gasteiger partial charge in [-0.25, -0.2) is 0 Å². The smallest absolute Gasteiger partial charge is 0.0788 e. The summed E-state index contributed by atoms with van der Waals surface area (Å²) in [6.45, 7) is 0. The predicted octanol–water partition coefficient (Wildman–Crippen LogP) is 14.3. The molecule has 57 heavy (non-hydrogen) atoms. The highest BCUT2D eigenvalue weighted by Gasteiger charge is 2.22. The van der Waals surface area contributed by atoms with Crippen LogP contribution in [0.1, 0.15) is 0 Å². The summed E-state index contributed by atoms with van der Waals surface area (Å²) in [5.74, 6) is 0. The van der Waals surface area contributed by atoms with Gasteiger partial charge in [0.15, 0.2) is 0 Å². The molecule has 0 bridgehead atoms. The van der Waals surface area contributed by atoms with Crippen molar-refractivity contribution in [1.29, 1.82) is 0 Å². The summed E-state index contributed by atoms with van der Waals surface area (Å²) in [5.41, 5.74) is 15.4. The Labute approximate surface area is 329 Å². The van der Waals surface area contributed by atoms with Crippen molar-refractivity contribution in [1.82, 2.24) is 13.7 Å². The number of rotatable bonds is 5. The summed E-state index contributed by atoms with van der Waals surface area (Å²) in [4.78, 5) is 0. The summed E-state index contributed by atoms with van der Waals surface area (Å²) < 4.78 is 7.38. The molecule has 0 aliphatic heterocycles. The van der Waals surface area contributed by atoms with Gasteiger partial charge in [0.25, 0.3) is 0 Å². The van der Waals surface area contributed by atoms with Crippen LogP contribution in [-0.4, -0.2) is 13.7 Å². The average molecular weight is 726 g/mol. The second-order valence-corrected chi connectivity index (χ2v) is 14.9. The van der Waals surface area contributed by atoms with Crippen LogP contribution < -0.4 is 0 Å². The third-order valence-corrected chi connectivity index (χ3v) is 11.8. The van der Waals surface area contributed by atoms with E-state index >= 15 is 0 Å². The van der Waals surface area contributed by atoms with E-state index < -0.39 is 0 Å². The normalized spacial score (nSPS) is 11.9. The van der Waals surface area contributed by atoms with Gasteiger partial charge in [-0.15, -0.1) is 0 Å². The van der Waals surface area contributed by atoms with E-state index in [0.717, 1.165) is 17.1 Å². The molecule has 9 aromatic carbocycles. The van der Waals surface area contributed by atoms with Gasteiger partial charge in [0.2, 0.25) is 0 Å². The van der Waals surface area contributed by atoms with Crippen molar-refractivity contribution in [2.45, 2.75) is 0 Å². The Hall–Kier alpha value is -7.62. The topological polar surface area (TPSA) is 14.8 Å². The number of nitrogens with zero attached hydrogens (tertiary/aromatic N) is 3. The van der Waals surface area contributed by atoms with Gasteiger partial charge in [0.1, 0.15) is 0 Å². The van der Waals surface area contributed by atoms with E-state index in [1.54, 1.807) is 0 Å².